The molecule has 1 amide bonds. The van der Waals surface area contributed by atoms with E-state index >= 15 is 0 Å². The van der Waals surface area contributed by atoms with E-state index in [0.29, 0.717) is 5.56 Å². The minimum Gasteiger partial charge on any atom is -0.490 e. The van der Waals surface area contributed by atoms with Gasteiger partial charge in [0.2, 0.25) is 0 Å². The largest absolute Gasteiger partial charge is 0.490 e. The Morgan fingerprint density at radius 2 is 1.96 bits per heavy atom. The summed E-state index contributed by atoms with van der Waals surface area (Å²) in [5.41, 5.74) is 1.80. The molecular formula is C22H28N4O2. The van der Waals surface area contributed by atoms with E-state index in [0.717, 1.165) is 63.4 Å². The van der Waals surface area contributed by atoms with Gasteiger partial charge in [0.15, 0.2) is 0 Å². The Morgan fingerprint density at radius 3 is 2.64 bits per heavy atom. The summed E-state index contributed by atoms with van der Waals surface area (Å²) in [6.07, 6.45) is 5.07. The summed E-state index contributed by atoms with van der Waals surface area (Å²) in [5, 5.41) is 6.33. The van der Waals surface area contributed by atoms with Crippen molar-refractivity contribution in [2.45, 2.75) is 38.0 Å². The molecule has 2 aliphatic rings. The van der Waals surface area contributed by atoms with E-state index in [1.165, 1.54) is 0 Å². The first-order valence-corrected chi connectivity index (χ1v) is 10.2. The number of nitrogens with zero attached hydrogens (tertiary/aromatic N) is 2. The predicted octanol–water partition coefficient (Wildman–Crippen LogP) is 2.22. The lowest BCUT2D eigenvalue weighted by Crippen LogP contribution is -2.38. The first-order valence-electron chi connectivity index (χ1n) is 10.2. The molecule has 148 valence electrons. The number of benzene rings is 1. The highest BCUT2D eigenvalue weighted by atomic mass is 16.5. The van der Waals surface area contributed by atoms with Gasteiger partial charge in [-0.3, -0.25) is 14.7 Å². The van der Waals surface area contributed by atoms with Gasteiger partial charge in [0, 0.05) is 44.0 Å². The van der Waals surface area contributed by atoms with Gasteiger partial charge in [0.1, 0.15) is 11.9 Å². The highest BCUT2D eigenvalue weighted by molar-refractivity contribution is 5.94. The van der Waals surface area contributed by atoms with Crippen LogP contribution in [-0.4, -0.2) is 54.1 Å². The fraction of sp³-hybridized carbons (Fsp3) is 0.455. The maximum atomic E-state index is 12.3. The van der Waals surface area contributed by atoms with Crippen molar-refractivity contribution in [3.8, 4) is 5.75 Å². The zero-order chi connectivity index (χ0) is 19.2. The minimum absolute atomic E-state index is 0.0110. The quantitative estimate of drug-likeness (QED) is 0.804. The lowest BCUT2D eigenvalue weighted by molar-refractivity contribution is 0.0938. The van der Waals surface area contributed by atoms with Gasteiger partial charge in [-0.15, -0.1) is 0 Å². The van der Waals surface area contributed by atoms with Crippen molar-refractivity contribution in [1.82, 2.24) is 20.5 Å². The van der Waals surface area contributed by atoms with Gasteiger partial charge in [0.05, 0.1) is 5.69 Å². The second-order valence-electron chi connectivity index (χ2n) is 7.60. The topological polar surface area (TPSA) is 66.5 Å². The number of likely N-dealkylation sites (tertiary alicyclic amines) is 1. The molecule has 1 unspecified atom stereocenters. The number of aromatic nitrogens is 1. The third-order valence-corrected chi connectivity index (χ3v) is 5.46. The van der Waals surface area contributed by atoms with Crippen LogP contribution >= 0.6 is 0 Å². The van der Waals surface area contributed by atoms with Crippen molar-refractivity contribution in [3.05, 3.63) is 59.9 Å². The number of nitrogens with one attached hydrogen (secondary N) is 2. The molecule has 3 heterocycles. The predicted molar refractivity (Wildman–Crippen MR) is 108 cm³/mol. The summed E-state index contributed by atoms with van der Waals surface area (Å²) in [4.78, 5) is 19.1. The number of piperidine rings is 1. The fourth-order valence-electron chi connectivity index (χ4n) is 3.83. The van der Waals surface area contributed by atoms with Crippen molar-refractivity contribution in [3.63, 3.8) is 0 Å². The lowest BCUT2D eigenvalue weighted by atomic mass is 10.1. The van der Waals surface area contributed by atoms with E-state index in [1.807, 2.05) is 42.6 Å². The van der Waals surface area contributed by atoms with Crippen molar-refractivity contribution in [2.24, 2.45) is 0 Å². The number of rotatable bonds is 6. The highest BCUT2D eigenvalue weighted by Gasteiger charge is 2.21. The first-order chi connectivity index (χ1) is 13.8. The molecule has 0 spiro atoms. The number of carbonyl (C=O) groups is 1. The SMILES string of the molecule is O=C(NC1CCNC1)c1ccc(OC2CCN(Cc3ccccn3)CC2)cc1. The summed E-state index contributed by atoms with van der Waals surface area (Å²) in [6.45, 7) is 4.74. The molecular weight excluding hydrogens is 352 g/mol. The van der Waals surface area contributed by atoms with Gasteiger partial charge < -0.3 is 15.4 Å². The number of carbonyl (C=O) groups excluding carboxylic acids is 1. The van der Waals surface area contributed by atoms with E-state index in [2.05, 4.69) is 26.6 Å². The van der Waals surface area contributed by atoms with Crippen molar-refractivity contribution >= 4 is 5.91 Å². The number of ether oxygens (including phenoxy) is 1. The van der Waals surface area contributed by atoms with Crippen molar-refractivity contribution in [2.75, 3.05) is 26.2 Å². The molecule has 1 aromatic heterocycles. The van der Waals surface area contributed by atoms with Crippen molar-refractivity contribution < 1.29 is 9.53 Å². The van der Waals surface area contributed by atoms with Crippen LogP contribution in [0.3, 0.4) is 0 Å². The molecule has 4 rings (SSSR count). The highest BCUT2D eigenvalue weighted by Crippen LogP contribution is 2.20. The molecule has 0 saturated carbocycles. The summed E-state index contributed by atoms with van der Waals surface area (Å²) in [6, 6.07) is 13.8. The van der Waals surface area contributed by atoms with Crippen LogP contribution in [0.4, 0.5) is 0 Å². The molecule has 0 aliphatic carbocycles. The Bertz CT molecular complexity index is 752. The normalized spacial score (nSPS) is 20.8. The Morgan fingerprint density at radius 1 is 1.14 bits per heavy atom. The lowest BCUT2D eigenvalue weighted by Gasteiger charge is -2.31. The number of amides is 1. The zero-order valence-electron chi connectivity index (χ0n) is 16.1. The smallest absolute Gasteiger partial charge is 0.251 e. The van der Waals surface area contributed by atoms with E-state index < -0.39 is 0 Å². The maximum absolute atomic E-state index is 12.3. The molecule has 2 fully saturated rings. The Kier molecular flexibility index (Phi) is 6.19. The van der Waals surface area contributed by atoms with Crippen LogP contribution < -0.4 is 15.4 Å². The summed E-state index contributed by atoms with van der Waals surface area (Å²) in [7, 11) is 0. The van der Waals surface area contributed by atoms with Crippen LogP contribution in [0.1, 0.15) is 35.3 Å². The molecule has 2 saturated heterocycles. The third kappa shape index (κ3) is 5.09. The molecule has 28 heavy (non-hydrogen) atoms. The molecule has 2 aromatic rings. The minimum atomic E-state index is -0.0110. The van der Waals surface area contributed by atoms with Gasteiger partial charge in [-0.1, -0.05) is 6.07 Å². The van der Waals surface area contributed by atoms with Crippen LogP contribution in [0, 0.1) is 0 Å². The van der Waals surface area contributed by atoms with Crippen LogP contribution in [0.2, 0.25) is 0 Å². The van der Waals surface area contributed by atoms with Gasteiger partial charge in [-0.25, -0.2) is 0 Å². The standard InChI is InChI=1S/C22H28N4O2/c27-22(25-18-8-12-23-15-18)17-4-6-20(7-5-17)28-21-9-13-26(14-10-21)16-19-3-1-2-11-24-19/h1-7,11,18,21,23H,8-10,12-16H2,(H,25,27). The second kappa shape index (κ2) is 9.17. The van der Waals surface area contributed by atoms with E-state index in [-0.39, 0.29) is 18.1 Å². The second-order valence-corrected chi connectivity index (χ2v) is 7.60. The van der Waals surface area contributed by atoms with Crippen LogP contribution in [-0.2, 0) is 6.54 Å². The first kappa shape index (κ1) is 18.9. The zero-order valence-corrected chi connectivity index (χ0v) is 16.1. The molecule has 2 N–H and O–H groups in total. The average molecular weight is 380 g/mol. The third-order valence-electron chi connectivity index (χ3n) is 5.46. The molecule has 2 aliphatic heterocycles. The molecule has 6 nitrogen and oxygen atoms in total. The number of hydrogen-bond donors (Lipinski definition) is 2. The maximum Gasteiger partial charge on any atom is 0.251 e. The van der Waals surface area contributed by atoms with Gasteiger partial charge in [-0.2, -0.15) is 0 Å². The molecule has 1 atom stereocenters. The monoisotopic (exact) mass is 380 g/mol. The summed E-state index contributed by atoms with van der Waals surface area (Å²) >= 11 is 0. The van der Waals surface area contributed by atoms with Gasteiger partial charge in [0.25, 0.3) is 5.91 Å². The van der Waals surface area contributed by atoms with E-state index in [9.17, 15) is 4.79 Å². The molecule has 0 bridgehead atoms. The fourth-order valence-corrected chi connectivity index (χ4v) is 3.83. The van der Waals surface area contributed by atoms with E-state index in [4.69, 9.17) is 4.74 Å². The molecule has 6 heteroatoms. The Labute approximate surface area is 166 Å². The van der Waals surface area contributed by atoms with Gasteiger partial charge in [-0.05, 0) is 62.2 Å². The average Bonchev–Trinajstić information content (AvgIpc) is 3.24. The number of hydrogen-bond acceptors (Lipinski definition) is 5. The van der Waals surface area contributed by atoms with Crippen LogP contribution in [0.25, 0.3) is 0 Å². The molecule has 0 radical (unpaired) electrons. The molecule has 1 aromatic carbocycles. The van der Waals surface area contributed by atoms with Crippen LogP contribution in [0.5, 0.6) is 5.75 Å². The summed E-state index contributed by atoms with van der Waals surface area (Å²) < 4.78 is 6.14. The van der Waals surface area contributed by atoms with Crippen molar-refractivity contribution in [1.29, 1.82) is 0 Å². The van der Waals surface area contributed by atoms with Crippen LogP contribution in [0.15, 0.2) is 48.7 Å². The van der Waals surface area contributed by atoms with Gasteiger partial charge >= 0.3 is 0 Å². The Balaban J connectivity index is 1.23. The Hall–Kier alpha value is -2.44. The summed E-state index contributed by atoms with van der Waals surface area (Å²) in [5.74, 6) is 0.824. The number of pyridine rings is 1. The van der Waals surface area contributed by atoms with E-state index in [1.54, 1.807) is 0 Å².